The van der Waals surface area contributed by atoms with E-state index in [1.54, 1.807) is 0 Å². The van der Waals surface area contributed by atoms with Crippen LogP contribution in [-0.2, 0) is 5.41 Å². The van der Waals surface area contributed by atoms with E-state index in [9.17, 15) is 0 Å². The molecule has 1 fully saturated rings. The van der Waals surface area contributed by atoms with Crippen LogP contribution in [0.4, 0.5) is 0 Å². The van der Waals surface area contributed by atoms with Gasteiger partial charge in [0.1, 0.15) is 0 Å². The van der Waals surface area contributed by atoms with Crippen molar-refractivity contribution in [3.8, 4) is 6.07 Å². The molecular formula is C13H16N2. The summed E-state index contributed by atoms with van der Waals surface area (Å²) in [7, 11) is 0. The molecule has 1 aromatic carbocycles. The van der Waals surface area contributed by atoms with Gasteiger partial charge in [-0.25, -0.2) is 0 Å². The molecule has 0 saturated heterocycles. The summed E-state index contributed by atoms with van der Waals surface area (Å²) in [4.78, 5) is 0. The molecule has 0 unspecified atom stereocenters. The lowest BCUT2D eigenvalue weighted by molar-refractivity contribution is 0.391. The van der Waals surface area contributed by atoms with Gasteiger partial charge in [-0.2, -0.15) is 5.26 Å². The predicted molar refractivity (Wildman–Crippen MR) is 60.3 cm³/mol. The molecule has 15 heavy (non-hydrogen) atoms. The Hall–Kier alpha value is -1.33. The highest BCUT2D eigenvalue weighted by molar-refractivity contribution is 5.42. The molecule has 1 aliphatic rings. The first-order valence-electron chi connectivity index (χ1n) is 5.29. The van der Waals surface area contributed by atoms with Crippen molar-refractivity contribution in [1.82, 2.24) is 0 Å². The van der Waals surface area contributed by atoms with Gasteiger partial charge in [0.25, 0.3) is 0 Å². The summed E-state index contributed by atoms with van der Waals surface area (Å²) >= 11 is 0. The SMILES string of the molecule is CC(C)(N)C1(c2cccc(C#N)c2)CC1. The fraction of sp³-hybridized carbons (Fsp3) is 0.462. The summed E-state index contributed by atoms with van der Waals surface area (Å²) in [6, 6.07) is 10.0. The molecular weight excluding hydrogens is 184 g/mol. The first-order chi connectivity index (χ1) is 6.99. The van der Waals surface area contributed by atoms with Gasteiger partial charge in [0.05, 0.1) is 11.6 Å². The van der Waals surface area contributed by atoms with E-state index in [0.29, 0.717) is 0 Å². The van der Waals surface area contributed by atoms with Crippen molar-refractivity contribution in [2.45, 2.75) is 37.6 Å². The van der Waals surface area contributed by atoms with Crippen LogP contribution in [0.25, 0.3) is 0 Å². The van der Waals surface area contributed by atoms with Gasteiger partial charge in [0.15, 0.2) is 0 Å². The quantitative estimate of drug-likeness (QED) is 0.796. The van der Waals surface area contributed by atoms with E-state index in [4.69, 9.17) is 11.0 Å². The third kappa shape index (κ3) is 1.53. The van der Waals surface area contributed by atoms with Crippen LogP contribution < -0.4 is 5.73 Å². The summed E-state index contributed by atoms with van der Waals surface area (Å²) in [6.07, 6.45) is 2.26. The molecule has 0 heterocycles. The molecule has 1 aliphatic carbocycles. The summed E-state index contributed by atoms with van der Waals surface area (Å²) in [5.74, 6) is 0. The van der Waals surface area contributed by atoms with E-state index in [1.807, 2.05) is 18.2 Å². The van der Waals surface area contributed by atoms with Gasteiger partial charge in [0.2, 0.25) is 0 Å². The maximum Gasteiger partial charge on any atom is 0.0991 e. The van der Waals surface area contributed by atoms with E-state index < -0.39 is 0 Å². The second kappa shape index (κ2) is 3.08. The van der Waals surface area contributed by atoms with E-state index in [2.05, 4.69) is 26.0 Å². The van der Waals surface area contributed by atoms with Gasteiger partial charge in [-0.15, -0.1) is 0 Å². The first-order valence-corrected chi connectivity index (χ1v) is 5.29. The van der Waals surface area contributed by atoms with Crippen molar-refractivity contribution in [2.75, 3.05) is 0 Å². The van der Waals surface area contributed by atoms with Crippen molar-refractivity contribution >= 4 is 0 Å². The number of nitrogens with two attached hydrogens (primary N) is 1. The Labute approximate surface area is 90.7 Å². The van der Waals surface area contributed by atoms with Crippen LogP contribution in [0.3, 0.4) is 0 Å². The predicted octanol–water partition coefficient (Wildman–Crippen LogP) is 2.33. The van der Waals surface area contributed by atoms with Gasteiger partial charge in [0, 0.05) is 11.0 Å². The molecule has 2 nitrogen and oxygen atoms in total. The van der Waals surface area contributed by atoms with Crippen LogP contribution in [0, 0.1) is 11.3 Å². The fourth-order valence-corrected chi connectivity index (χ4v) is 2.32. The molecule has 1 saturated carbocycles. The normalized spacial score (nSPS) is 18.3. The van der Waals surface area contributed by atoms with Crippen molar-refractivity contribution in [3.05, 3.63) is 35.4 Å². The fourth-order valence-electron chi connectivity index (χ4n) is 2.32. The largest absolute Gasteiger partial charge is 0.325 e. The number of nitriles is 1. The Balaban J connectivity index is 2.43. The van der Waals surface area contributed by atoms with Crippen molar-refractivity contribution in [1.29, 1.82) is 5.26 Å². The molecule has 0 radical (unpaired) electrons. The van der Waals surface area contributed by atoms with Crippen molar-refractivity contribution in [2.24, 2.45) is 5.73 Å². The lowest BCUT2D eigenvalue weighted by atomic mass is 9.79. The number of benzene rings is 1. The van der Waals surface area contributed by atoms with Gasteiger partial charge < -0.3 is 5.73 Å². The first kappa shape index (κ1) is 10.2. The van der Waals surface area contributed by atoms with Crippen LogP contribution in [0.5, 0.6) is 0 Å². The van der Waals surface area contributed by atoms with E-state index >= 15 is 0 Å². The second-order valence-electron chi connectivity index (χ2n) is 5.00. The Kier molecular flexibility index (Phi) is 2.09. The van der Waals surface area contributed by atoms with E-state index in [-0.39, 0.29) is 11.0 Å². The van der Waals surface area contributed by atoms with Gasteiger partial charge in [-0.05, 0) is 44.4 Å². The molecule has 2 heteroatoms. The van der Waals surface area contributed by atoms with Crippen LogP contribution in [0.15, 0.2) is 24.3 Å². The van der Waals surface area contributed by atoms with E-state index in [0.717, 1.165) is 18.4 Å². The Morgan fingerprint density at radius 1 is 1.40 bits per heavy atom. The molecule has 0 aliphatic heterocycles. The highest BCUT2D eigenvalue weighted by Gasteiger charge is 2.53. The van der Waals surface area contributed by atoms with E-state index in [1.165, 1.54) is 5.56 Å². The number of hydrogen-bond acceptors (Lipinski definition) is 2. The van der Waals surface area contributed by atoms with Crippen LogP contribution in [0.1, 0.15) is 37.8 Å². The minimum atomic E-state index is -0.207. The number of rotatable bonds is 2. The Bertz CT molecular complexity index is 417. The monoisotopic (exact) mass is 200 g/mol. The molecule has 0 aromatic heterocycles. The Morgan fingerprint density at radius 3 is 2.53 bits per heavy atom. The molecule has 2 N–H and O–H groups in total. The summed E-state index contributed by atoms with van der Waals surface area (Å²) in [5, 5.41) is 8.87. The molecule has 0 bridgehead atoms. The van der Waals surface area contributed by atoms with Crippen LogP contribution in [-0.4, -0.2) is 5.54 Å². The highest BCUT2D eigenvalue weighted by Crippen LogP contribution is 2.54. The summed E-state index contributed by atoms with van der Waals surface area (Å²) in [6.45, 7) is 4.14. The third-order valence-corrected chi connectivity index (χ3v) is 3.53. The topological polar surface area (TPSA) is 49.8 Å². The zero-order chi connectivity index (χ0) is 11.1. The number of nitrogens with zero attached hydrogens (tertiary/aromatic N) is 1. The summed E-state index contributed by atoms with van der Waals surface area (Å²) in [5.41, 5.74) is 8.05. The standard InChI is InChI=1S/C13H16N2/c1-12(2,15)13(6-7-13)11-5-3-4-10(8-11)9-14/h3-5,8H,6-7,15H2,1-2H3. The second-order valence-corrected chi connectivity index (χ2v) is 5.00. The Morgan fingerprint density at radius 2 is 2.07 bits per heavy atom. The summed E-state index contributed by atoms with van der Waals surface area (Å²) < 4.78 is 0. The smallest absolute Gasteiger partial charge is 0.0991 e. The van der Waals surface area contributed by atoms with Crippen LogP contribution in [0.2, 0.25) is 0 Å². The minimum absolute atomic E-state index is 0.0971. The highest BCUT2D eigenvalue weighted by atomic mass is 14.8. The lowest BCUT2D eigenvalue weighted by Crippen LogP contribution is -2.45. The molecule has 0 amide bonds. The van der Waals surface area contributed by atoms with Gasteiger partial charge in [-0.1, -0.05) is 12.1 Å². The molecule has 1 aromatic rings. The van der Waals surface area contributed by atoms with Crippen molar-refractivity contribution < 1.29 is 0 Å². The maximum atomic E-state index is 8.87. The van der Waals surface area contributed by atoms with Crippen molar-refractivity contribution in [3.63, 3.8) is 0 Å². The zero-order valence-corrected chi connectivity index (χ0v) is 9.25. The molecule has 0 spiro atoms. The van der Waals surface area contributed by atoms with Gasteiger partial charge in [-0.3, -0.25) is 0 Å². The molecule has 2 rings (SSSR count). The number of hydrogen-bond donors (Lipinski definition) is 1. The third-order valence-electron chi connectivity index (χ3n) is 3.53. The lowest BCUT2D eigenvalue weighted by Gasteiger charge is -2.31. The van der Waals surface area contributed by atoms with Gasteiger partial charge >= 0.3 is 0 Å². The maximum absolute atomic E-state index is 8.87. The molecule has 78 valence electrons. The van der Waals surface area contributed by atoms with Crippen LogP contribution >= 0.6 is 0 Å². The molecule has 0 atom stereocenters. The average Bonchev–Trinajstić information content (AvgIpc) is 2.97. The minimum Gasteiger partial charge on any atom is -0.325 e. The average molecular weight is 200 g/mol. The zero-order valence-electron chi connectivity index (χ0n) is 9.25.